The Morgan fingerprint density at radius 2 is 1.69 bits per heavy atom. The van der Waals surface area contributed by atoms with E-state index in [4.69, 9.17) is 4.74 Å². The molecule has 186 valence electrons. The third-order valence-corrected chi connectivity index (χ3v) is 6.63. The summed E-state index contributed by atoms with van der Waals surface area (Å²) in [6, 6.07) is 19.1. The van der Waals surface area contributed by atoms with Crippen molar-refractivity contribution in [3.8, 4) is 11.1 Å². The molecular weight excluding hydrogens is 430 g/mol. The lowest BCUT2D eigenvalue weighted by molar-refractivity contribution is -0.105. The first-order valence-corrected chi connectivity index (χ1v) is 12.7. The average molecular weight is 472 g/mol. The third kappa shape index (κ3) is 6.41. The van der Waals surface area contributed by atoms with Crippen molar-refractivity contribution in [1.29, 1.82) is 0 Å². The number of rotatable bonds is 6. The normalized spacial score (nSPS) is 19.1. The molecule has 0 radical (unpaired) electrons. The maximum Gasteiger partial charge on any atom is 0.148 e. The number of carbonyl (C=O) groups excluding carboxylic acids is 1. The summed E-state index contributed by atoms with van der Waals surface area (Å²) in [5, 5.41) is 3.60. The number of benzene rings is 2. The molecule has 3 heteroatoms. The van der Waals surface area contributed by atoms with Gasteiger partial charge in [0, 0.05) is 36.6 Å². The second-order valence-electron chi connectivity index (χ2n) is 10.8. The van der Waals surface area contributed by atoms with Crippen LogP contribution in [-0.2, 0) is 9.53 Å². The molecule has 1 N–H and O–H groups in total. The maximum absolute atomic E-state index is 12.2. The summed E-state index contributed by atoms with van der Waals surface area (Å²) >= 11 is 0. The van der Waals surface area contributed by atoms with Gasteiger partial charge in [-0.3, -0.25) is 4.79 Å². The zero-order valence-electron chi connectivity index (χ0n) is 22.3. The average Bonchev–Trinajstić information content (AvgIpc) is 2.83. The van der Waals surface area contributed by atoms with Crippen LogP contribution >= 0.6 is 0 Å². The minimum atomic E-state index is -0.0351. The number of dihydropyridines is 1. The zero-order valence-corrected chi connectivity index (χ0v) is 22.3. The second-order valence-corrected chi connectivity index (χ2v) is 10.8. The Morgan fingerprint density at radius 1 is 1.06 bits per heavy atom. The van der Waals surface area contributed by atoms with Crippen LogP contribution in [-0.4, -0.2) is 20.0 Å². The molecule has 0 amide bonds. The monoisotopic (exact) mass is 471 g/mol. The number of hydrogen-bond donors (Lipinski definition) is 1. The van der Waals surface area contributed by atoms with Crippen molar-refractivity contribution in [2.45, 2.75) is 59.8 Å². The lowest BCUT2D eigenvalue weighted by Crippen LogP contribution is -2.34. The van der Waals surface area contributed by atoms with Crippen molar-refractivity contribution in [1.82, 2.24) is 5.32 Å². The molecule has 0 aromatic heterocycles. The topological polar surface area (TPSA) is 38.3 Å². The minimum absolute atomic E-state index is 0.0351. The molecule has 1 aliphatic heterocycles. The number of nitrogens with one attached hydrogen (secondary N) is 1. The van der Waals surface area contributed by atoms with Gasteiger partial charge in [0.25, 0.3) is 0 Å². The molecule has 1 unspecified atom stereocenters. The van der Waals surface area contributed by atoms with Gasteiger partial charge in [-0.05, 0) is 58.4 Å². The van der Waals surface area contributed by atoms with E-state index in [1.807, 2.05) is 6.07 Å². The van der Waals surface area contributed by atoms with Gasteiger partial charge in [-0.2, -0.15) is 0 Å². The third-order valence-electron chi connectivity index (χ3n) is 6.63. The second kappa shape index (κ2) is 11.7. The lowest BCUT2D eigenvalue weighted by atomic mass is 9.67. The molecule has 2 aromatic rings. The van der Waals surface area contributed by atoms with Crippen molar-refractivity contribution < 1.29 is 9.53 Å². The Bertz CT molecular complexity index is 1090. The summed E-state index contributed by atoms with van der Waals surface area (Å²) in [5.74, 6) is 0.641. The first-order chi connectivity index (χ1) is 16.7. The van der Waals surface area contributed by atoms with Crippen LogP contribution in [0.25, 0.3) is 11.1 Å². The van der Waals surface area contributed by atoms with E-state index in [0.717, 1.165) is 54.6 Å². The molecule has 2 aromatic carbocycles. The zero-order chi connectivity index (χ0) is 25.6. The van der Waals surface area contributed by atoms with Crippen LogP contribution in [0.2, 0.25) is 0 Å². The molecule has 0 saturated heterocycles. The van der Waals surface area contributed by atoms with E-state index < -0.39 is 0 Å². The van der Waals surface area contributed by atoms with Gasteiger partial charge >= 0.3 is 0 Å². The van der Waals surface area contributed by atoms with Crippen molar-refractivity contribution in [2.75, 3.05) is 13.7 Å². The van der Waals surface area contributed by atoms with Gasteiger partial charge in [-0.15, -0.1) is 0 Å². The number of hydrogen-bond acceptors (Lipinski definition) is 3. The van der Waals surface area contributed by atoms with Crippen LogP contribution in [0.5, 0.6) is 0 Å². The van der Waals surface area contributed by atoms with Gasteiger partial charge in [0.1, 0.15) is 6.29 Å². The Hall–Kier alpha value is -2.91. The van der Waals surface area contributed by atoms with Gasteiger partial charge in [0.2, 0.25) is 0 Å². The summed E-state index contributed by atoms with van der Waals surface area (Å²) in [5.41, 5.74) is 9.23. The Morgan fingerprint density at radius 3 is 2.20 bits per heavy atom. The summed E-state index contributed by atoms with van der Waals surface area (Å²) in [6.07, 6.45) is 3.80. The molecule has 0 bridgehead atoms. The smallest absolute Gasteiger partial charge is 0.148 e. The standard InChI is InChI=1S/C27H29NO.C5H12O/c1-5-23-22(17-29)26(25-18(2)15-27(3,4)16-24(25)28-23)21-13-11-20(12-14-21)19-9-7-6-8-10-19;1-5(2)4-6-3/h6-14,17,26,28H,2,5,15-16H2,1,3-4H3;5H,4H2,1-3H3. The molecular formula is C32H41NO2. The number of methoxy groups -OCH3 is 1. The Kier molecular flexibility index (Phi) is 8.91. The number of allylic oxidation sites excluding steroid dienone is 5. The van der Waals surface area contributed by atoms with Gasteiger partial charge in [-0.1, -0.05) is 95.8 Å². The predicted molar refractivity (Wildman–Crippen MR) is 147 cm³/mol. The van der Waals surface area contributed by atoms with E-state index in [0.29, 0.717) is 5.92 Å². The largest absolute Gasteiger partial charge is 0.384 e. The summed E-state index contributed by atoms with van der Waals surface area (Å²) in [6.45, 7) is 16.2. The fourth-order valence-electron chi connectivity index (χ4n) is 5.21. The molecule has 3 nitrogen and oxygen atoms in total. The van der Waals surface area contributed by atoms with Gasteiger partial charge in [0.15, 0.2) is 0 Å². The van der Waals surface area contributed by atoms with E-state index in [2.05, 4.69) is 95.0 Å². The Labute approximate surface area is 212 Å². The quantitative estimate of drug-likeness (QED) is 0.436. The summed E-state index contributed by atoms with van der Waals surface area (Å²) in [7, 11) is 1.72. The van der Waals surface area contributed by atoms with Crippen molar-refractivity contribution in [2.24, 2.45) is 11.3 Å². The predicted octanol–water partition coefficient (Wildman–Crippen LogP) is 7.82. The lowest BCUT2D eigenvalue weighted by Gasteiger charge is -2.41. The summed E-state index contributed by atoms with van der Waals surface area (Å²) < 4.78 is 4.80. The highest BCUT2D eigenvalue weighted by atomic mass is 16.5. The van der Waals surface area contributed by atoms with E-state index in [1.165, 1.54) is 22.4 Å². The van der Waals surface area contributed by atoms with E-state index in [1.54, 1.807) is 7.11 Å². The highest BCUT2D eigenvalue weighted by Gasteiger charge is 2.38. The van der Waals surface area contributed by atoms with Crippen LogP contribution in [0, 0.1) is 11.3 Å². The molecule has 2 aliphatic rings. The molecule has 0 saturated carbocycles. The van der Waals surface area contributed by atoms with Crippen LogP contribution < -0.4 is 5.32 Å². The van der Waals surface area contributed by atoms with E-state index in [-0.39, 0.29) is 11.3 Å². The van der Waals surface area contributed by atoms with Crippen LogP contribution in [0.3, 0.4) is 0 Å². The highest BCUT2D eigenvalue weighted by molar-refractivity contribution is 5.81. The van der Waals surface area contributed by atoms with Crippen LogP contribution in [0.4, 0.5) is 0 Å². The molecule has 1 atom stereocenters. The Balaban J connectivity index is 0.000000509. The first kappa shape index (κ1) is 26.7. The summed E-state index contributed by atoms with van der Waals surface area (Å²) in [4.78, 5) is 12.2. The SMILES string of the molecule is C=C1CC(C)(C)CC2=C1C(c1ccc(-c3ccccc3)cc1)C(C=O)=C(CC)N2.COCC(C)C. The van der Waals surface area contributed by atoms with Crippen LogP contribution in [0.15, 0.2) is 89.3 Å². The minimum Gasteiger partial charge on any atom is -0.384 e. The molecule has 0 fully saturated rings. The van der Waals surface area contributed by atoms with Crippen molar-refractivity contribution in [3.63, 3.8) is 0 Å². The fourth-order valence-corrected chi connectivity index (χ4v) is 5.21. The highest BCUT2D eigenvalue weighted by Crippen LogP contribution is 2.50. The first-order valence-electron chi connectivity index (χ1n) is 12.7. The molecule has 1 aliphatic carbocycles. The van der Waals surface area contributed by atoms with E-state index in [9.17, 15) is 4.79 Å². The molecule has 0 spiro atoms. The van der Waals surface area contributed by atoms with Crippen LogP contribution in [0.1, 0.15) is 65.4 Å². The fraction of sp³-hybridized carbons (Fsp3) is 0.406. The van der Waals surface area contributed by atoms with E-state index >= 15 is 0 Å². The van der Waals surface area contributed by atoms with Gasteiger partial charge in [-0.25, -0.2) is 0 Å². The number of aldehydes is 1. The molecule has 1 heterocycles. The van der Waals surface area contributed by atoms with Gasteiger partial charge < -0.3 is 10.1 Å². The molecule has 35 heavy (non-hydrogen) atoms. The maximum atomic E-state index is 12.2. The number of carbonyl (C=O) groups is 1. The van der Waals surface area contributed by atoms with Crippen molar-refractivity contribution >= 4 is 6.29 Å². The number of ether oxygens (including phenoxy) is 1. The van der Waals surface area contributed by atoms with Crippen molar-refractivity contribution in [3.05, 3.63) is 94.9 Å². The molecule has 4 rings (SSSR count). The van der Waals surface area contributed by atoms with Gasteiger partial charge in [0.05, 0.1) is 0 Å².